The van der Waals surface area contributed by atoms with Gasteiger partial charge in [-0.25, -0.2) is 9.97 Å². The molecule has 0 aliphatic carbocycles. The molecule has 2 aliphatic rings. The number of hydrogen-bond donors (Lipinski definition) is 2. The summed E-state index contributed by atoms with van der Waals surface area (Å²) in [5.74, 6) is 0.832. The first kappa shape index (κ1) is 21.2. The normalized spacial score (nSPS) is 19.9. The molecule has 0 spiro atoms. The van der Waals surface area contributed by atoms with Gasteiger partial charge in [0.1, 0.15) is 0 Å². The fourth-order valence-corrected chi connectivity index (χ4v) is 5.02. The van der Waals surface area contributed by atoms with Crippen molar-refractivity contribution in [1.29, 1.82) is 0 Å². The van der Waals surface area contributed by atoms with Crippen molar-refractivity contribution in [3.63, 3.8) is 0 Å². The molecular weight excluding hydrogens is 424 g/mol. The second kappa shape index (κ2) is 9.46. The molecule has 2 fully saturated rings. The predicted octanol–water partition coefficient (Wildman–Crippen LogP) is 4.17. The Kier molecular flexibility index (Phi) is 6.28. The van der Waals surface area contributed by atoms with Gasteiger partial charge in [-0.15, -0.1) is 0 Å². The largest absolute Gasteiger partial charge is 0.360 e. The average Bonchev–Trinajstić information content (AvgIpc) is 3.25. The van der Waals surface area contributed by atoms with Crippen molar-refractivity contribution in [3.8, 4) is 11.3 Å². The Morgan fingerprint density at radius 2 is 2.00 bits per heavy atom. The molecule has 4 heterocycles. The third-order valence-electron chi connectivity index (χ3n) is 6.49. The highest BCUT2D eigenvalue weighted by atomic mass is 35.5. The zero-order valence-corrected chi connectivity index (χ0v) is 18.9. The second-order valence-corrected chi connectivity index (χ2v) is 9.21. The number of carbonyl (C=O) groups is 1. The quantitative estimate of drug-likeness (QED) is 0.607. The van der Waals surface area contributed by atoms with Crippen LogP contribution in [0, 0.1) is 0 Å². The van der Waals surface area contributed by atoms with E-state index in [-0.39, 0.29) is 11.9 Å². The highest BCUT2D eigenvalue weighted by Crippen LogP contribution is 2.32. The zero-order valence-electron chi connectivity index (χ0n) is 18.2. The topological polar surface area (TPSA) is 77.1 Å². The molecule has 0 radical (unpaired) electrons. The molecule has 2 aromatic heterocycles. The molecule has 2 N–H and O–H groups in total. The van der Waals surface area contributed by atoms with Crippen molar-refractivity contribution < 1.29 is 4.79 Å². The van der Waals surface area contributed by atoms with Crippen LogP contribution in [0.2, 0.25) is 5.02 Å². The van der Waals surface area contributed by atoms with E-state index in [9.17, 15) is 4.79 Å². The number of aromatic amines is 1. The molecule has 3 aromatic rings. The van der Waals surface area contributed by atoms with Gasteiger partial charge in [0.25, 0.3) is 0 Å². The van der Waals surface area contributed by atoms with Gasteiger partial charge < -0.3 is 15.2 Å². The van der Waals surface area contributed by atoms with Crippen molar-refractivity contribution in [2.75, 3.05) is 38.0 Å². The fraction of sp³-hybridized carbons (Fsp3) is 0.458. The number of fused-ring (bicyclic) bond motifs is 1. The Balaban J connectivity index is 1.27. The molecule has 8 heteroatoms. The van der Waals surface area contributed by atoms with Crippen LogP contribution in [-0.2, 0) is 4.79 Å². The van der Waals surface area contributed by atoms with Crippen LogP contribution >= 0.6 is 11.6 Å². The highest BCUT2D eigenvalue weighted by Gasteiger charge is 2.25. The zero-order chi connectivity index (χ0) is 21.9. The number of halogens is 1. The number of H-pyrrole nitrogens is 1. The Morgan fingerprint density at radius 1 is 1.16 bits per heavy atom. The number of anilines is 1. The molecule has 5 rings (SSSR count). The third kappa shape index (κ3) is 4.59. The molecule has 1 atom stereocenters. The van der Waals surface area contributed by atoms with Crippen LogP contribution in [0.25, 0.3) is 22.2 Å². The molecule has 32 heavy (non-hydrogen) atoms. The number of carbonyl (C=O) groups excluding carboxylic acids is 1. The van der Waals surface area contributed by atoms with Gasteiger partial charge in [0.05, 0.1) is 23.5 Å². The lowest BCUT2D eigenvalue weighted by molar-refractivity contribution is -0.133. The van der Waals surface area contributed by atoms with E-state index in [0.717, 1.165) is 74.0 Å². The summed E-state index contributed by atoms with van der Waals surface area (Å²) in [4.78, 5) is 29.4. The van der Waals surface area contributed by atoms with E-state index in [0.29, 0.717) is 17.5 Å². The van der Waals surface area contributed by atoms with E-state index in [1.54, 1.807) is 6.20 Å². The Bertz CT molecular complexity index is 1090. The third-order valence-corrected chi connectivity index (χ3v) is 6.77. The van der Waals surface area contributed by atoms with Crippen LogP contribution in [0.15, 0.2) is 36.7 Å². The number of piperidine rings is 2. The van der Waals surface area contributed by atoms with Crippen molar-refractivity contribution >= 4 is 34.4 Å². The molecule has 1 aromatic carbocycles. The maximum atomic E-state index is 12.7. The van der Waals surface area contributed by atoms with E-state index in [1.807, 2.05) is 29.3 Å². The minimum atomic E-state index is 0.204. The van der Waals surface area contributed by atoms with Crippen LogP contribution in [0.1, 0.15) is 32.1 Å². The first-order valence-corrected chi connectivity index (χ1v) is 11.9. The molecule has 2 saturated heterocycles. The van der Waals surface area contributed by atoms with E-state index >= 15 is 0 Å². The summed E-state index contributed by atoms with van der Waals surface area (Å²) in [6.45, 7) is 4.08. The predicted molar refractivity (Wildman–Crippen MR) is 128 cm³/mol. The Morgan fingerprint density at radius 3 is 2.88 bits per heavy atom. The number of nitrogens with one attached hydrogen (secondary N) is 2. The van der Waals surface area contributed by atoms with E-state index in [2.05, 4.69) is 26.3 Å². The second-order valence-electron chi connectivity index (χ2n) is 8.80. The number of aromatic nitrogens is 3. The average molecular weight is 453 g/mol. The molecule has 0 unspecified atom stereocenters. The summed E-state index contributed by atoms with van der Waals surface area (Å²) in [5, 5.41) is 5.09. The highest BCUT2D eigenvalue weighted by molar-refractivity contribution is 6.33. The number of hydrogen-bond acceptors (Lipinski definition) is 5. The monoisotopic (exact) mass is 452 g/mol. The van der Waals surface area contributed by atoms with Gasteiger partial charge in [-0.05, 0) is 44.7 Å². The lowest BCUT2D eigenvalue weighted by atomic mass is 10.1. The first-order valence-electron chi connectivity index (χ1n) is 11.5. The van der Waals surface area contributed by atoms with Crippen LogP contribution in [0.3, 0.4) is 0 Å². The van der Waals surface area contributed by atoms with Crippen molar-refractivity contribution in [3.05, 3.63) is 41.7 Å². The molecule has 2 aliphatic heterocycles. The van der Waals surface area contributed by atoms with Crippen LogP contribution in [0.4, 0.5) is 5.95 Å². The lowest BCUT2D eigenvalue weighted by Crippen LogP contribution is -2.48. The van der Waals surface area contributed by atoms with E-state index < -0.39 is 0 Å². The number of benzene rings is 1. The summed E-state index contributed by atoms with van der Waals surface area (Å²) in [5.41, 5.74) is 2.73. The van der Waals surface area contributed by atoms with Crippen LogP contribution in [-0.4, -0.2) is 69.4 Å². The van der Waals surface area contributed by atoms with Gasteiger partial charge >= 0.3 is 0 Å². The number of amides is 1. The Labute approximate surface area is 193 Å². The molecule has 0 saturated carbocycles. The minimum Gasteiger partial charge on any atom is -0.360 e. The molecule has 0 bridgehead atoms. The number of likely N-dealkylation sites (tertiary alicyclic amines) is 2. The van der Waals surface area contributed by atoms with Gasteiger partial charge in [0.15, 0.2) is 0 Å². The maximum Gasteiger partial charge on any atom is 0.236 e. The SMILES string of the molecule is O=C(CN1CCC[C@@H](Nc2ncc(Cl)c(-c3c[nH]c4ccccc34)n2)C1)N1CCCCC1. The summed E-state index contributed by atoms with van der Waals surface area (Å²) >= 11 is 6.47. The van der Waals surface area contributed by atoms with E-state index in [4.69, 9.17) is 16.6 Å². The van der Waals surface area contributed by atoms with Gasteiger partial charge in [0, 0.05) is 48.3 Å². The summed E-state index contributed by atoms with van der Waals surface area (Å²) < 4.78 is 0. The number of para-hydroxylation sites is 1. The first-order chi connectivity index (χ1) is 15.7. The van der Waals surface area contributed by atoms with Crippen molar-refractivity contribution in [1.82, 2.24) is 24.8 Å². The van der Waals surface area contributed by atoms with Crippen LogP contribution < -0.4 is 5.32 Å². The van der Waals surface area contributed by atoms with Crippen molar-refractivity contribution in [2.45, 2.75) is 38.1 Å². The molecular formula is C24H29ClN6O. The van der Waals surface area contributed by atoms with Crippen molar-refractivity contribution in [2.24, 2.45) is 0 Å². The van der Waals surface area contributed by atoms with Gasteiger partial charge in [-0.1, -0.05) is 29.8 Å². The maximum absolute atomic E-state index is 12.7. The lowest BCUT2D eigenvalue weighted by Gasteiger charge is -2.35. The molecule has 1 amide bonds. The fourth-order valence-electron chi connectivity index (χ4n) is 4.83. The van der Waals surface area contributed by atoms with Gasteiger partial charge in [-0.3, -0.25) is 9.69 Å². The summed E-state index contributed by atoms with van der Waals surface area (Å²) in [7, 11) is 0. The standard InChI is InChI=1S/C24H29ClN6O/c25-20-14-27-24(29-23(20)19-13-26-21-9-3-2-8-18(19)21)28-17-7-6-10-30(15-17)16-22(32)31-11-4-1-5-12-31/h2-3,8-9,13-14,17,26H,1,4-7,10-12,15-16H2,(H,27,28,29)/t17-/m1/s1. The number of nitrogens with zero attached hydrogens (tertiary/aromatic N) is 4. The minimum absolute atomic E-state index is 0.204. The molecule has 7 nitrogen and oxygen atoms in total. The van der Waals surface area contributed by atoms with E-state index in [1.165, 1.54) is 6.42 Å². The number of rotatable bonds is 5. The van der Waals surface area contributed by atoms with Gasteiger partial charge in [0.2, 0.25) is 11.9 Å². The summed E-state index contributed by atoms with van der Waals surface area (Å²) in [6.07, 6.45) is 9.18. The Hall–Kier alpha value is -2.64. The smallest absolute Gasteiger partial charge is 0.236 e. The summed E-state index contributed by atoms with van der Waals surface area (Å²) in [6, 6.07) is 8.31. The van der Waals surface area contributed by atoms with Crippen LogP contribution in [0.5, 0.6) is 0 Å². The molecule has 168 valence electrons. The van der Waals surface area contributed by atoms with Gasteiger partial charge in [-0.2, -0.15) is 0 Å².